The predicted molar refractivity (Wildman–Crippen MR) is 38.5 cm³/mol. The van der Waals surface area contributed by atoms with Gasteiger partial charge in [0.25, 0.3) is 0 Å². The average Bonchev–Trinajstić information content (AvgIpc) is 2.38. The molecule has 1 saturated heterocycles. The minimum Gasteiger partial charge on any atom is -0.411 e. The summed E-state index contributed by atoms with van der Waals surface area (Å²) in [5, 5.41) is 22.0. The lowest BCUT2D eigenvalue weighted by Gasteiger charge is -2.02. The maximum absolute atomic E-state index is 8.15. The van der Waals surface area contributed by atoms with Crippen molar-refractivity contribution >= 4 is 12.4 Å². The molecule has 0 bridgehead atoms. The number of oxime groups is 2. The fourth-order valence-electron chi connectivity index (χ4n) is 1.06. The van der Waals surface area contributed by atoms with Crippen molar-refractivity contribution < 1.29 is 15.2 Å². The Bertz CT molecular complexity index is 151. The molecule has 0 spiro atoms. The first-order chi connectivity index (χ1) is 5.36. The van der Waals surface area contributed by atoms with E-state index in [1.54, 1.807) is 0 Å². The molecule has 2 atom stereocenters. The summed E-state index contributed by atoms with van der Waals surface area (Å²) in [5.41, 5.74) is 0. The van der Waals surface area contributed by atoms with Gasteiger partial charge in [-0.3, -0.25) is 0 Å². The summed E-state index contributed by atoms with van der Waals surface area (Å²) in [4.78, 5) is 0. The smallest absolute Gasteiger partial charge is 0.0969 e. The lowest BCUT2D eigenvalue weighted by Crippen LogP contribution is -2.12. The zero-order valence-electron chi connectivity index (χ0n) is 5.92. The zero-order chi connectivity index (χ0) is 8.10. The van der Waals surface area contributed by atoms with Crippen LogP contribution < -0.4 is 0 Å². The SMILES string of the molecule is ON=CC1CCC(/C=N/O)O1. The molecule has 1 rings (SSSR count). The van der Waals surface area contributed by atoms with E-state index in [0.29, 0.717) is 0 Å². The van der Waals surface area contributed by atoms with Crippen LogP contribution in [0.1, 0.15) is 12.8 Å². The van der Waals surface area contributed by atoms with Crippen molar-refractivity contribution in [2.75, 3.05) is 0 Å². The molecule has 0 amide bonds. The summed E-state index contributed by atoms with van der Waals surface area (Å²) in [5.74, 6) is 0. The Kier molecular flexibility index (Phi) is 2.85. The second kappa shape index (κ2) is 3.92. The highest BCUT2D eigenvalue weighted by atomic mass is 16.5. The molecule has 0 saturated carbocycles. The number of rotatable bonds is 2. The van der Waals surface area contributed by atoms with Gasteiger partial charge in [-0.25, -0.2) is 0 Å². The molecule has 5 nitrogen and oxygen atoms in total. The molecule has 1 heterocycles. The highest BCUT2D eigenvalue weighted by molar-refractivity contribution is 5.67. The van der Waals surface area contributed by atoms with Crippen LogP contribution in [0.4, 0.5) is 0 Å². The average molecular weight is 158 g/mol. The van der Waals surface area contributed by atoms with Crippen molar-refractivity contribution in [3.8, 4) is 0 Å². The van der Waals surface area contributed by atoms with Crippen LogP contribution in [0.25, 0.3) is 0 Å². The Hall–Kier alpha value is -1.10. The topological polar surface area (TPSA) is 74.4 Å². The van der Waals surface area contributed by atoms with Gasteiger partial charge >= 0.3 is 0 Å². The third-order valence-corrected chi connectivity index (χ3v) is 1.55. The Morgan fingerprint density at radius 1 is 1.09 bits per heavy atom. The predicted octanol–water partition coefficient (Wildman–Crippen LogP) is 0.454. The normalized spacial score (nSPS) is 32.4. The molecule has 0 aromatic rings. The molecule has 1 fully saturated rings. The fourth-order valence-corrected chi connectivity index (χ4v) is 1.06. The van der Waals surface area contributed by atoms with Crippen molar-refractivity contribution in [1.82, 2.24) is 0 Å². The summed E-state index contributed by atoms with van der Waals surface area (Å²) in [6, 6.07) is 0. The van der Waals surface area contributed by atoms with Crippen LogP contribution in [0.15, 0.2) is 10.3 Å². The lowest BCUT2D eigenvalue weighted by molar-refractivity contribution is 0.124. The standard InChI is InChI=1S/C6H10N2O3/c9-7-3-5-1-2-6(11-5)4-8-10/h3-6,9-10H,1-2H2/b7-3+,8-4?. The Morgan fingerprint density at radius 2 is 1.55 bits per heavy atom. The van der Waals surface area contributed by atoms with E-state index in [2.05, 4.69) is 10.3 Å². The highest BCUT2D eigenvalue weighted by Gasteiger charge is 2.22. The van der Waals surface area contributed by atoms with Crippen molar-refractivity contribution in [2.24, 2.45) is 10.3 Å². The maximum Gasteiger partial charge on any atom is 0.0969 e. The van der Waals surface area contributed by atoms with Crippen LogP contribution in [0.2, 0.25) is 0 Å². The molecule has 0 aromatic carbocycles. The molecule has 0 radical (unpaired) electrons. The van der Waals surface area contributed by atoms with E-state index in [0.717, 1.165) is 12.8 Å². The van der Waals surface area contributed by atoms with Gasteiger partial charge in [0.2, 0.25) is 0 Å². The van der Waals surface area contributed by atoms with Gasteiger partial charge in [0.1, 0.15) is 0 Å². The van der Waals surface area contributed by atoms with Gasteiger partial charge in [-0.2, -0.15) is 0 Å². The van der Waals surface area contributed by atoms with E-state index < -0.39 is 0 Å². The summed E-state index contributed by atoms with van der Waals surface area (Å²) >= 11 is 0. The Morgan fingerprint density at radius 3 is 1.91 bits per heavy atom. The largest absolute Gasteiger partial charge is 0.411 e. The number of ether oxygens (including phenoxy) is 1. The van der Waals surface area contributed by atoms with E-state index in [-0.39, 0.29) is 12.2 Å². The highest BCUT2D eigenvalue weighted by Crippen LogP contribution is 2.16. The third-order valence-electron chi connectivity index (χ3n) is 1.55. The third kappa shape index (κ3) is 2.19. The second-order valence-electron chi connectivity index (χ2n) is 2.32. The first-order valence-corrected chi connectivity index (χ1v) is 3.37. The van der Waals surface area contributed by atoms with E-state index >= 15 is 0 Å². The van der Waals surface area contributed by atoms with Crippen molar-refractivity contribution in [3.63, 3.8) is 0 Å². The monoisotopic (exact) mass is 158 g/mol. The van der Waals surface area contributed by atoms with E-state index in [9.17, 15) is 0 Å². The van der Waals surface area contributed by atoms with Crippen LogP contribution in [-0.4, -0.2) is 35.1 Å². The van der Waals surface area contributed by atoms with Gasteiger partial charge in [-0.05, 0) is 12.8 Å². The van der Waals surface area contributed by atoms with Crippen LogP contribution in [0.5, 0.6) is 0 Å². The van der Waals surface area contributed by atoms with Gasteiger partial charge in [0, 0.05) is 0 Å². The van der Waals surface area contributed by atoms with E-state index in [4.69, 9.17) is 15.2 Å². The first-order valence-electron chi connectivity index (χ1n) is 3.37. The molecule has 5 heteroatoms. The fraction of sp³-hybridized carbons (Fsp3) is 0.667. The molecule has 11 heavy (non-hydrogen) atoms. The summed E-state index contributed by atoms with van der Waals surface area (Å²) in [6.45, 7) is 0. The molecule has 1 aliphatic heterocycles. The Balaban J connectivity index is 2.34. The molecular weight excluding hydrogens is 148 g/mol. The van der Waals surface area contributed by atoms with Gasteiger partial charge in [0.05, 0.1) is 24.6 Å². The minimum atomic E-state index is -0.150. The molecule has 2 unspecified atom stereocenters. The zero-order valence-corrected chi connectivity index (χ0v) is 5.92. The van der Waals surface area contributed by atoms with Crippen LogP contribution in [-0.2, 0) is 4.74 Å². The lowest BCUT2D eigenvalue weighted by atomic mass is 10.2. The van der Waals surface area contributed by atoms with Crippen LogP contribution >= 0.6 is 0 Å². The minimum absolute atomic E-state index is 0.150. The van der Waals surface area contributed by atoms with E-state index in [1.165, 1.54) is 12.4 Å². The Labute approximate surface area is 64.0 Å². The quantitative estimate of drug-likeness (QED) is 0.348. The molecule has 0 aromatic heterocycles. The first kappa shape index (κ1) is 8.00. The molecule has 2 N–H and O–H groups in total. The van der Waals surface area contributed by atoms with Crippen molar-refractivity contribution in [1.29, 1.82) is 0 Å². The molecular formula is C6H10N2O3. The van der Waals surface area contributed by atoms with Crippen molar-refractivity contribution in [2.45, 2.75) is 25.0 Å². The molecule has 62 valence electrons. The summed E-state index contributed by atoms with van der Waals surface area (Å²) in [6.07, 6.45) is 3.93. The molecule has 1 aliphatic rings. The van der Waals surface area contributed by atoms with Gasteiger partial charge in [0.15, 0.2) is 0 Å². The van der Waals surface area contributed by atoms with Gasteiger partial charge < -0.3 is 15.2 Å². The number of hydrogen-bond acceptors (Lipinski definition) is 5. The van der Waals surface area contributed by atoms with Gasteiger partial charge in [-0.15, -0.1) is 0 Å². The maximum atomic E-state index is 8.15. The second-order valence-corrected chi connectivity index (χ2v) is 2.32. The summed E-state index contributed by atoms with van der Waals surface area (Å²) < 4.78 is 5.22. The van der Waals surface area contributed by atoms with E-state index in [1.807, 2.05) is 0 Å². The summed E-state index contributed by atoms with van der Waals surface area (Å²) in [7, 11) is 0. The molecule has 0 aliphatic carbocycles. The van der Waals surface area contributed by atoms with Crippen LogP contribution in [0, 0.1) is 0 Å². The van der Waals surface area contributed by atoms with Gasteiger partial charge in [-0.1, -0.05) is 10.3 Å². The number of hydrogen-bond donors (Lipinski definition) is 2. The van der Waals surface area contributed by atoms with Crippen LogP contribution in [0.3, 0.4) is 0 Å². The van der Waals surface area contributed by atoms with Crippen molar-refractivity contribution in [3.05, 3.63) is 0 Å². The number of nitrogens with zero attached hydrogens (tertiary/aromatic N) is 2.